The Morgan fingerprint density at radius 3 is 2.67 bits per heavy atom. The minimum absolute atomic E-state index is 0.0278. The highest BCUT2D eigenvalue weighted by molar-refractivity contribution is 7.87. The van der Waals surface area contributed by atoms with Gasteiger partial charge in [-0.1, -0.05) is 30.3 Å². The van der Waals surface area contributed by atoms with Crippen molar-refractivity contribution in [1.29, 1.82) is 0 Å². The lowest BCUT2D eigenvalue weighted by atomic mass is 10.0. The first-order chi connectivity index (χ1) is 11.3. The molecule has 0 saturated carbocycles. The highest BCUT2D eigenvalue weighted by atomic mass is 32.2. The van der Waals surface area contributed by atoms with Crippen molar-refractivity contribution in [2.75, 3.05) is 20.6 Å². The first kappa shape index (κ1) is 17.9. The van der Waals surface area contributed by atoms with Crippen LogP contribution in [0.2, 0.25) is 0 Å². The summed E-state index contributed by atoms with van der Waals surface area (Å²) in [6.45, 7) is -0.445. The van der Waals surface area contributed by atoms with Crippen LogP contribution in [0.3, 0.4) is 0 Å². The van der Waals surface area contributed by atoms with Gasteiger partial charge in [0.25, 0.3) is 16.1 Å². The summed E-state index contributed by atoms with van der Waals surface area (Å²) in [6.07, 6.45) is 1.32. The van der Waals surface area contributed by atoms with Gasteiger partial charge in [0.05, 0.1) is 12.8 Å². The third-order valence-electron chi connectivity index (χ3n) is 3.23. The van der Waals surface area contributed by atoms with Crippen LogP contribution in [-0.2, 0) is 15.0 Å². The predicted molar refractivity (Wildman–Crippen MR) is 92.0 cm³/mol. The average Bonchev–Trinajstić information content (AvgIpc) is 2.55. The van der Waals surface area contributed by atoms with Crippen LogP contribution in [0.5, 0.6) is 5.75 Å². The van der Waals surface area contributed by atoms with Gasteiger partial charge in [0.1, 0.15) is 5.75 Å². The number of phenolic OH excluding ortho intramolecular Hbond substituents is 1. The standard InChI is InChI=1S/C15H18N4O4S/c1-19(2)24(22,23)17-10-15(21)18-16-9-13-12-6-4-3-5-11(12)7-8-14(13)20/h3-9,17,20H,10H2,1-2H3,(H,18,21). The van der Waals surface area contributed by atoms with E-state index in [0.717, 1.165) is 15.1 Å². The van der Waals surface area contributed by atoms with Gasteiger partial charge in [-0.05, 0) is 16.8 Å². The largest absolute Gasteiger partial charge is 0.507 e. The zero-order chi connectivity index (χ0) is 17.7. The summed E-state index contributed by atoms with van der Waals surface area (Å²) in [4.78, 5) is 11.6. The number of hydrogen-bond acceptors (Lipinski definition) is 5. The Morgan fingerprint density at radius 2 is 1.96 bits per heavy atom. The van der Waals surface area contributed by atoms with E-state index in [1.54, 1.807) is 6.07 Å². The molecule has 0 bridgehead atoms. The minimum atomic E-state index is -3.68. The first-order valence-corrected chi connectivity index (χ1v) is 8.45. The van der Waals surface area contributed by atoms with Crippen LogP contribution in [0.15, 0.2) is 41.5 Å². The summed E-state index contributed by atoms with van der Waals surface area (Å²) in [5.41, 5.74) is 2.67. The van der Waals surface area contributed by atoms with Gasteiger partial charge in [-0.15, -0.1) is 0 Å². The average molecular weight is 350 g/mol. The van der Waals surface area contributed by atoms with E-state index in [4.69, 9.17) is 0 Å². The number of carbonyl (C=O) groups excluding carboxylic acids is 1. The molecule has 0 aliphatic heterocycles. The fourth-order valence-corrected chi connectivity index (χ4v) is 2.49. The van der Waals surface area contributed by atoms with E-state index >= 15 is 0 Å². The van der Waals surface area contributed by atoms with Crippen LogP contribution >= 0.6 is 0 Å². The predicted octanol–water partition coefficient (Wildman–Crippen LogP) is 0.392. The van der Waals surface area contributed by atoms with E-state index in [9.17, 15) is 18.3 Å². The van der Waals surface area contributed by atoms with Crippen molar-refractivity contribution in [2.24, 2.45) is 5.10 Å². The van der Waals surface area contributed by atoms with E-state index in [1.807, 2.05) is 24.3 Å². The molecule has 2 aromatic rings. The van der Waals surface area contributed by atoms with Crippen molar-refractivity contribution in [2.45, 2.75) is 0 Å². The summed E-state index contributed by atoms with van der Waals surface area (Å²) < 4.78 is 26.0. The molecule has 128 valence electrons. The minimum Gasteiger partial charge on any atom is -0.507 e. The number of aromatic hydroxyl groups is 1. The summed E-state index contributed by atoms with van der Waals surface area (Å²) in [5, 5.41) is 15.4. The number of carbonyl (C=O) groups is 1. The maximum atomic E-state index is 11.6. The van der Waals surface area contributed by atoms with Crippen LogP contribution < -0.4 is 10.1 Å². The number of fused-ring (bicyclic) bond motifs is 1. The molecule has 8 nitrogen and oxygen atoms in total. The molecule has 0 aromatic heterocycles. The number of nitrogens with one attached hydrogen (secondary N) is 2. The lowest BCUT2D eigenvalue weighted by Gasteiger charge is -2.11. The number of amides is 1. The van der Waals surface area contributed by atoms with Crippen molar-refractivity contribution < 1.29 is 18.3 Å². The number of hydrazone groups is 1. The highest BCUT2D eigenvalue weighted by Crippen LogP contribution is 2.25. The molecular formula is C15H18N4O4S. The van der Waals surface area contributed by atoms with Gasteiger partial charge in [0, 0.05) is 19.7 Å². The lowest BCUT2D eigenvalue weighted by molar-refractivity contribution is -0.119. The molecule has 9 heteroatoms. The molecule has 0 heterocycles. The maximum Gasteiger partial charge on any atom is 0.279 e. The van der Waals surface area contributed by atoms with Crippen molar-refractivity contribution >= 4 is 33.1 Å². The van der Waals surface area contributed by atoms with Gasteiger partial charge >= 0.3 is 0 Å². The third-order valence-corrected chi connectivity index (χ3v) is 4.70. The second-order valence-corrected chi connectivity index (χ2v) is 7.09. The summed E-state index contributed by atoms with van der Waals surface area (Å²) in [6, 6.07) is 10.7. The van der Waals surface area contributed by atoms with Gasteiger partial charge < -0.3 is 5.11 Å². The van der Waals surface area contributed by atoms with Crippen molar-refractivity contribution in [3.05, 3.63) is 42.0 Å². The molecule has 0 saturated heterocycles. The van der Waals surface area contributed by atoms with Crippen molar-refractivity contribution in [1.82, 2.24) is 14.5 Å². The Hall–Kier alpha value is -2.49. The van der Waals surface area contributed by atoms with Crippen LogP contribution in [0.1, 0.15) is 5.56 Å². The molecule has 0 unspecified atom stereocenters. The first-order valence-electron chi connectivity index (χ1n) is 7.01. The quantitative estimate of drug-likeness (QED) is 0.517. The topological polar surface area (TPSA) is 111 Å². The fraction of sp³-hybridized carbons (Fsp3) is 0.200. The van der Waals surface area contributed by atoms with Crippen LogP contribution in [-0.4, -0.2) is 50.6 Å². The molecule has 2 aromatic carbocycles. The van der Waals surface area contributed by atoms with Crippen LogP contribution in [0.4, 0.5) is 0 Å². The Balaban J connectivity index is 2.05. The SMILES string of the molecule is CN(C)S(=O)(=O)NCC(=O)NN=Cc1c(O)ccc2ccccc12. The molecule has 3 N–H and O–H groups in total. The molecule has 0 spiro atoms. The number of rotatable bonds is 6. The maximum absolute atomic E-state index is 11.6. The van der Waals surface area contributed by atoms with E-state index in [2.05, 4.69) is 15.2 Å². The van der Waals surface area contributed by atoms with Crippen molar-refractivity contribution in [3.8, 4) is 5.75 Å². The monoisotopic (exact) mass is 350 g/mol. The molecule has 0 aliphatic rings. The fourth-order valence-electron chi connectivity index (χ4n) is 1.91. The summed E-state index contributed by atoms with van der Waals surface area (Å²) in [5.74, 6) is -0.601. The normalized spacial score (nSPS) is 12.1. The smallest absolute Gasteiger partial charge is 0.279 e. The summed E-state index contributed by atoms with van der Waals surface area (Å²) >= 11 is 0. The third kappa shape index (κ3) is 4.28. The van der Waals surface area contributed by atoms with Gasteiger partial charge in [0.15, 0.2) is 0 Å². The molecule has 0 aliphatic carbocycles. The second-order valence-electron chi connectivity index (χ2n) is 5.12. The molecule has 24 heavy (non-hydrogen) atoms. The summed E-state index contributed by atoms with van der Waals surface area (Å²) in [7, 11) is -0.978. The Bertz CT molecular complexity index is 878. The molecule has 1 amide bonds. The van der Waals surface area contributed by atoms with Crippen LogP contribution in [0.25, 0.3) is 10.8 Å². The zero-order valence-electron chi connectivity index (χ0n) is 13.2. The van der Waals surface area contributed by atoms with Gasteiger partial charge in [-0.3, -0.25) is 4.79 Å². The Labute approximate surface area is 140 Å². The van der Waals surface area contributed by atoms with E-state index in [1.165, 1.54) is 26.4 Å². The Morgan fingerprint density at radius 1 is 1.25 bits per heavy atom. The zero-order valence-corrected chi connectivity index (χ0v) is 14.0. The van der Waals surface area contributed by atoms with Gasteiger partial charge in [-0.25, -0.2) is 5.43 Å². The lowest BCUT2D eigenvalue weighted by Crippen LogP contribution is -2.41. The van der Waals surface area contributed by atoms with Crippen molar-refractivity contribution in [3.63, 3.8) is 0 Å². The van der Waals surface area contributed by atoms with Crippen LogP contribution in [0, 0.1) is 0 Å². The highest BCUT2D eigenvalue weighted by Gasteiger charge is 2.14. The van der Waals surface area contributed by atoms with E-state index < -0.39 is 22.7 Å². The molecular weight excluding hydrogens is 332 g/mol. The van der Waals surface area contributed by atoms with E-state index in [0.29, 0.717) is 5.56 Å². The number of benzene rings is 2. The van der Waals surface area contributed by atoms with Gasteiger partial charge in [0.2, 0.25) is 0 Å². The molecule has 0 radical (unpaired) electrons. The molecule has 2 rings (SSSR count). The Kier molecular flexibility index (Phi) is 5.50. The van der Waals surface area contributed by atoms with Gasteiger partial charge in [-0.2, -0.15) is 22.5 Å². The number of phenols is 1. The molecule has 0 fully saturated rings. The molecule has 0 atom stereocenters. The number of hydrogen-bond donors (Lipinski definition) is 3. The second kappa shape index (κ2) is 7.39. The van der Waals surface area contributed by atoms with E-state index in [-0.39, 0.29) is 5.75 Å². The number of nitrogens with zero attached hydrogens (tertiary/aromatic N) is 2.